The zero-order valence-corrected chi connectivity index (χ0v) is 12.6. The fraction of sp³-hybridized carbons (Fsp3) is 0.462. The van der Waals surface area contributed by atoms with Crippen LogP contribution in [0.4, 0.5) is 5.69 Å². The van der Waals surface area contributed by atoms with Gasteiger partial charge in [0.05, 0.1) is 11.4 Å². The molecule has 0 saturated heterocycles. The summed E-state index contributed by atoms with van der Waals surface area (Å²) in [5.41, 5.74) is 7.11. The minimum absolute atomic E-state index is 0.0653. The molecule has 20 heavy (non-hydrogen) atoms. The number of sulfonamides is 1. The van der Waals surface area contributed by atoms with Gasteiger partial charge in [-0.25, -0.2) is 13.1 Å². The molecule has 0 aliphatic heterocycles. The van der Waals surface area contributed by atoms with Crippen LogP contribution in [0.15, 0.2) is 23.1 Å². The predicted molar refractivity (Wildman–Crippen MR) is 78.7 cm³/mol. The molecule has 0 heterocycles. The van der Waals surface area contributed by atoms with Gasteiger partial charge in [-0.15, -0.1) is 0 Å². The maximum Gasteiger partial charge on any atom is 0.241 e. The highest BCUT2D eigenvalue weighted by Gasteiger charge is 2.16. The molecular formula is C13H21N3O3S. The molecule has 0 radical (unpaired) electrons. The van der Waals surface area contributed by atoms with Crippen molar-refractivity contribution in [3.63, 3.8) is 0 Å². The number of anilines is 1. The number of benzene rings is 1. The molecule has 0 spiro atoms. The van der Waals surface area contributed by atoms with Crippen molar-refractivity contribution in [2.24, 2.45) is 0 Å². The first kappa shape index (κ1) is 16.5. The Hall–Kier alpha value is -1.60. The standard InChI is InChI=1S/C13H21N3O3S/c1-3-7-15-13(17)9-16-20(18,19)11-6-5-10(4-2)12(14)8-11/h5-6,8,16H,3-4,7,9,14H2,1-2H3,(H,15,17). The van der Waals surface area contributed by atoms with Crippen molar-refractivity contribution in [1.29, 1.82) is 0 Å². The van der Waals surface area contributed by atoms with Gasteiger partial charge in [0.25, 0.3) is 0 Å². The van der Waals surface area contributed by atoms with Gasteiger partial charge in [0.2, 0.25) is 15.9 Å². The summed E-state index contributed by atoms with van der Waals surface area (Å²) in [6, 6.07) is 4.58. The highest BCUT2D eigenvalue weighted by atomic mass is 32.2. The van der Waals surface area contributed by atoms with Gasteiger partial charge >= 0.3 is 0 Å². The number of hydrogen-bond donors (Lipinski definition) is 3. The van der Waals surface area contributed by atoms with Crippen LogP contribution in [0.25, 0.3) is 0 Å². The van der Waals surface area contributed by atoms with E-state index < -0.39 is 10.0 Å². The monoisotopic (exact) mass is 299 g/mol. The Balaban J connectivity index is 2.74. The Bertz CT molecular complexity index is 570. The van der Waals surface area contributed by atoms with E-state index in [0.29, 0.717) is 12.2 Å². The summed E-state index contributed by atoms with van der Waals surface area (Å²) in [6.07, 6.45) is 1.53. The van der Waals surface area contributed by atoms with E-state index in [0.717, 1.165) is 18.4 Å². The molecule has 4 N–H and O–H groups in total. The number of aryl methyl sites for hydroxylation is 1. The lowest BCUT2D eigenvalue weighted by atomic mass is 10.1. The molecule has 1 amide bonds. The van der Waals surface area contributed by atoms with Crippen molar-refractivity contribution in [3.05, 3.63) is 23.8 Å². The van der Waals surface area contributed by atoms with Crippen LogP contribution < -0.4 is 15.8 Å². The molecule has 112 valence electrons. The molecule has 0 atom stereocenters. The molecule has 1 aromatic rings. The molecule has 0 aliphatic carbocycles. The SMILES string of the molecule is CCCNC(=O)CNS(=O)(=O)c1ccc(CC)c(N)c1. The second-order valence-electron chi connectivity index (χ2n) is 4.39. The molecule has 0 aromatic heterocycles. The zero-order valence-electron chi connectivity index (χ0n) is 11.8. The maximum absolute atomic E-state index is 12.0. The number of amides is 1. The second-order valence-corrected chi connectivity index (χ2v) is 6.16. The van der Waals surface area contributed by atoms with Gasteiger partial charge in [-0.2, -0.15) is 0 Å². The van der Waals surface area contributed by atoms with Gasteiger partial charge in [0.15, 0.2) is 0 Å². The molecule has 0 saturated carbocycles. The summed E-state index contributed by atoms with van der Waals surface area (Å²) < 4.78 is 26.3. The van der Waals surface area contributed by atoms with Gasteiger partial charge < -0.3 is 11.1 Å². The predicted octanol–water partition coefficient (Wildman–Crippen LogP) is 0.636. The quantitative estimate of drug-likeness (QED) is 0.643. The van der Waals surface area contributed by atoms with Gasteiger partial charge in [-0.1, -0.05) is 19.9 Å². The lowest BCUT2D eigenvalue weighted by Crippen LogP contribution is -2.37. The van der Waals surface area contributed by atoms with E-state index in [1.54, 1.807) is 6.07 Å². The number of carbonyl (C=O) groups is 1. The summed E-state index contributed by atoms with van der Waals surface area (Å²) in [4.78, 5) is 11.4. The van der Waals surface area contributed by atoms with Crippen LogP contribution in [-0.2, 0) is 21.2 Å². The van der Waals surface area contributed by atoms with E-state index in [2.05, 4.69) is 10.0 Å². The Labute approximate surface area is 119 Å². The molecular weight excluding hydrogens is 278 g/mol. The van der Waals surface area contributed by atoms with Crippen molar-refractivity contribution >= 4 is 21.6 Å². The first-order chi connectivity index (χ1) is 9.40. The average molecular weight is 299 g/mol. The Kier molecular flexibility index (Phi) is 5.97. The smallest absolute Gasteiger partial charge is 0.241 e. The lowest BCUT2D eigenvalue weighted by Gasteiger charge is -2.09. The van der Waals surface area contributed by atoms with E-state index in [1.807, 2.05) is 13.8 Å². The third kappa shape index (κ3) is 4.50. The van der Waals surface area contributed by atoms with Crippen molar-refractivity contribution in [2.45, 2.75) is 31.6 Å². The first-order valence-corrected chi connectivity index (χ1v) is 8.03. The van der Waals surface area contributed by atoms with Gasteiger partial charge in [0, 0.05) is 12.2 Å². The molecule has 0 bridgehead atoms. The first-order valence-electron chi connectivity index (χ1n) is 6.55. The fourth-order valence-electron chi connectivity index (χ4n) is 1.63. The number of nitrogens with two attached hydrogens (primary N) is 1. The Morgan fingerprint density at radius 1 is 1.30 bits per heavy atom. The molecule has 1 aromatic carbocycles. The maximum atomic E-state index is 12.0. The van der Waals surface area contributed by atoms with Crippen LogP contribution in [0.2, 0.25) is 0 Å². The van der Waals surface area contributed by atoms with E-state index in [-0.39, 0.29) is 17.3 Å². The normalized spacial score (nSPS) is 11.3. The number of hydrogen-bond acceptors (Lipinski definition) is 4. The van der Waals surface area contributed by atoms with Crippen LogP contribution in [0.5, 0.6) is 0 Å². The second kappa shape index (κ2) is 7.25. The van der Waals surface area contributed by atoms with Gasteiger partial charge in [-0.3, -0.25) is 4.79 Å². The minimum atomic E-state index is -3.72. The van der Waals surface area contributed by atoms with Gasteiger partial charge in [-0.05, 0) is 30.5 Å². The average Bonchev–Trinajstić information content (AvgIpc) is 2.42. The Morgan fingerprint density at radius 3 is 2.55 bits per heavy atom. The van der Waals surface area contributed by atoms with Crippen molar-refractivity contribution in [1.82, 2.24) is 10.0 Å². The molecule has 7 heteroatoms. The Morgan fingerprint density at radius 2 is 2.00 bits per heavy atom. The molecule has 0 fully saturated rings. The van der Waals surface area contributed by atoms with Crippen LogP contribution in [0.3, 0.4) is 0 Å². The number of nitrogen functional groups attached to an aromatic ring is 1. The topological polar surface area (TPSA) is 101 Å². The van der Waals surface area contributed by atoms with Crippen molar-refractivity contribution in [3.8, 4) is 0 Å². The van der Waals surface area contributed by atoms with Crippen LogP contribution in [0.1, 0.15) is 25.8 Å². The molecule has 6 nitrogen and oxygen atoms in total. The van der Waals surface area contributed by atoms with Crippen LogP contribution in [-0.4, -0.2) is 27.4 Å². The third-order valence-corrected chi connectivity index (χ3v) is 4.20. The van der Waals surface area contributed by atoms with Gasteiger partial charge in [0.1, 0.15) is 0 Å². The van der Waals surface area contributed by atoms with E-state index in [9.17, 15) is 13.2 Å². The summed E-state index contributed by atoms with van der Waals surface area (Å²) >= 11 is 0. The molecule has 0 aliphatic rings. The van der Waals surface area contributed by atoms with Crippen molar-refractivity contribution < 1.29 is 13.2 Å². The van der Waals surface area contributed by atoms with Crippen LogP contribution >= 0.6 is 0 Å². The van der Waals surface area contributed by atoms with E-state index >= 15 is 0 Å². The number of rotatable bonds is 7. The molecule has 0 unspecified atom stereocenters. The number of nitrogens with one attached hydrogen (secondary N) is 2. The highest BCUT2D eigenvalue weighted by molar-refractivity contribution is 7.89. The lowest BCUT2D eigenvalue weighted by molar-refractivity contribution is -0.119. The zero-order chi connectivity index (χ0) is 15.2. The van der Waals surface area contributed by atoms with Crippen LogP contribution in [0, 0.1) is 0 Å². The summed E-state index contributed by atoms with van der Waals surface area (Å²) in [5, 5.41) is 2.60. The minimum Gasteiger partial charge on any atom is -0.398 e. The van der Waals surface area contributed by atoms with E-state index in [4.69, 9.17) is 5.73 Å². The van der Waals surface area contributed by atoms with Crippen molar-refractivity contribution in [2.75, 3.05) is 18.8 Å². The summed E-state index contributed by atoms with van der Waals surface area (Å²) in [5.74, 6) is -0.353. The molecule has 1 rings (SSSR count). The largest absolute Gasteiger partial charge is 0.398 e. The highest BCUT2D eigenvalue weighted by Crippen LogP contribution is 2.18. The number of carbonyl (C=O) groups excluding carboxylic acids is 1. The summed E-state index contributed by atoms with van der Waals surface area (Å²) in [6.45, 7) is 4.11. The van der Waals surface area contributed by atoms with E-state index in [1.165, 1.54) is 12.1 Å². The summed E-state index contributed by atoms with van der Waals surface area (Å²) in [7, 11) is -3.72. The fourth-order valence-corrected chi connectivity index (χ4v) is 2.65. The third-order valence-electron chi connectivity index (χ3n) is 2.80.